The summed E-state index contributed by atoms with van der Waals surface area (Å²) in [5.74, 6) is 0. The number of nitrogen functional groups attached to an aromatic ring is 1. The molecule has 0 aliphatic rings. The van der Waals surface area contributed by atoms with Gasteiger partial charge in [0.2, 0.25) is 0 Å². The molecule has 1 aromatic heterocycles. The van der Waals surface area contributed by atoms with Crippen LogP contribution >= 0.6 is 0 Å². The zero-order valence-electron chi connectivity index (χ0n) is 7.72. The molecule has 4 heteroatoms. The van der Waals surface area contributed by atoms with Crippen molar-refractivity contribution in [1.82, 2.24) is 9.78 Å². The molecule has 0 amide bonds. The highest BCUT2D eigenvalue weighted by molar-refractivity contribution is 5.56. The predicted molar refractivity (Wildman–Crippen MR) is 55.9 cm³/mol. The Morgan fingerprint density at radius 1 is 1.21 bits per heavy atom. The SMILES string of the molecule is NCc1ccn(-c2ccccc2N)n1. The normalized spacial score (nSPS) is 10.4. The van der Waals surface area contributed by atoms with E-state index in [2.05, 4.69) is 5.10 Å². The zero-order chi connectivity index (χ0) is 9.97. The number of hydrogen-bond acceptors (Lipinski definition) is 3. The van der Waals surface area contributed by atoms with Crippen LogP contribution < -0.4 is 11.5 Å². The highest BCUT2D eigenvalue weighted by atomic mass is 15.3. The molecule has 2 rings (SSSR count). The molecule has 14 heavy (non-hydrogen) atoms. The second-order valence-corrected chi connectivity index (χ2v) is 3.01. The summed E-state index contributed by atoms with van der Waals surface area (Å²) in [6.45, 7) is 0.444. The van der Waals surface area contributed by atoms with Crippen molar-refractivity contribution in [2.45, 2.75) is 6.54 Å². The maximum atomic E-state index is 5.81. The van der Waals surface area contributed by atoms with Crippen molar-refractivity contribution in [2.75, 3.05) is 5.73 Å². The van der Waals surface area contributed by atoms with E-state index in [1.807, 2.05) is 36.5 Å². The molecular formula is C10H12N4. The average Bonchev–Trinajstić information content (AvgIpc) is 2.67. The summed E-state index contributed by atoms with van der Waals surface area (Å²) in [7, 11) is 0. The molecule has 4 N–H and O–H groups in total. The van der Waals surface area contributed by atoms with E-state index in [1.165, 1.54) is 0 Å². The summed E-state index contributed by atoms with van der Waals surface area (Å²) < 4.78 is 1.73. The summed E-state index contributed by atoms with van der Waals surface area (Å²) >= 11 is 0. The topological polar surface area (TPSA) is 69.9 Å². The van der Waals surface area contributed by atoms with Gasteiger partial charge in [-0.15, -0.1) is 0 Å². The minimum absolute atomic E-state index is 0.444. The average molecular weight is 188 g/mol. The molecule has 0 aliphatic heterocycles. The summed E-state index contributed by atoms with van der Waals surface area (Å²) in [5, 5.41) is 4.27. The molecule has 0 aliphatic carbocycles. The van der Waals surface area contributed by atoms with Crippen molar-refractivity contribution < 1.29 is 0 Å². The van der Waals surface area contributed by atoms with Crippen molar-refractivity contribution in [1.29, 1.82) is 0 Å². The van der Waals surface area contributed by atoms with E-state index in [1.54, 1.807) is 4.68 Å². The van der Waals surface area contributed by atoms with Gasteiger partial charge >= 0.3 is 0 Å². The zero-order valence-corrected chi connectivity index (χ0v) is 7.72. The third kappa shape index (κ3) is 1.47. The number of nitrogens with two attached hydrogens (primary N) is 2. The van der Waals surface area contributed by atoms with E-state index >= 15 is 0 Å². The lowest BCUT2D eigenvalue weighted by atomic mass is 10.3. The van der Waals surface area contributed by atoms with E-state index in [-0.39, 0.29) is 0 Å². The lowest BCUT2D eigenvalue weighted by Crippen LogP contribution is -2.02. The molecule has 0 atom stereocenters. The van der Waals surface area contributed by atoms with Crippen LogP contribution in [0.1, 0.15) is 5.69 Å². The number of anilines is 1. The van der Waals surface area contributed by atoms with Gasteiger partial charge in [-0.2, -0.15) is 5.10 Å². The van der Waals surface area contributed by atoms with Gasteiger partial charge in [-0.3, -0.25) is 0 Å². The Morgan fingerprint density at radius 3 is 2.64 bits per heavy atom. The highest BCUT2D eigenvalue weighted by Crippen LogP contribution is 2.15. The van der Waals surface area contributed by atoms with Crippen molar-refractivity contribution in [2.24, 2.45) is 5.73 Å². The van der Waals surface area contributed by atoms with Gasteiger partial charge in [0.05, 0.1) is 17.1 Å². The molecule has 0 bridgehead atoms. The Labute approximate surface area is 82.1 Å². The second-order valence-electron chi connectivity index (χ2n) is 3.01. The lowest BCUT2D eigenvalue weighted by molar-refractivity contribution is 0.835. The van der Waals surface area contributed by atoms with Crippen LogP contribution in [0.25, 0.3) is 5.69 Å². The minimum atomic E-state index is 0.444. The third-order valence-corrected chi connectivity index (χ3v) is 2.04. The number of hydrogen-bond donors (Lipinski definition) is 2. The molecule has 1 heterocycles. The number of para-hydroxylation sites is 2. The third-order valence-electron chi connectivity index (χ3n) is 2.04. The fraction of sp³-hybridized carbons (Fsp3) is 0.100. The monoisotopic (exact) mass is 188 g/mol. The molecule has 2 aromatic rings. The largest absolute Gasteiger partial charge is 0.397 e. The molecule has 0 saturated heterocycles. The molecule has 0 unspecified atom stereocenters. The first kappa shape index (κ1) is 8.77. The van der Waals surface area contributed by atoms with Gasteiger partial charge < -0.3 is 11.5 Å². The molecule has 0 saturated carbocycles. The molecule has 4 nitrogen and oxygen atoms in total. The highest BCUT2D eigenvalue weighted by Gasteiger charge is 2.01. The standard InChI is InChI=1S/C10H12N4/c11-7-8-5-6-14(13-8)10-4-2-1-3-9(10)12/h1-6H,7,11-12H2. The second kappa shape index (κ2) is 3.51. The van der Waals surface area contributed by atoms with Crippen LogP contribution in [-0.2, 0) is 6.54 Å². The smallest absolute Gasteiger partial charge is 0.0874 e. The molecule has 72 valence electrons. The number of aromatic nitrogens is 2. The Morgan fingerprint density at radius 2 is 2.00 bits per heavy atom. The van der Waals surface area contributed by atoms with Gasteiger partial charge in [0, 0.05) is 12.7 Å². The summed E-state index contributed by atoms with van der Waals surface area (Å²) in [6, 6.07) is 9.47. The van der Waals surface area contributed by atoms with Crippen molar-refractivity contribution in [3.63, 3.8) is 0 Å². The van der Waals surface area contributed by atoms with E-state index in [4.69, 9.17) is 11.5 Å². The number of rotatable bonds is 2. The van der Waals surface area contributed by atoms with Crippen molar-refractivity contribution in [3.05, 3.63) is 42.2 Å². The van der Waals surface area contributed by atoms with E-state index < -0.39 is 0 Å². The van der Waals surface area contributed by atoms with Crippen LogP contribution in [0.2, 0.25) is 0 Å². The fourth-order valence-corrected chi connectivity index (χ4v) is 1.30. The first-order chi connectivity index (χ1) is 6.81. The van der Waals surface area contributed by atoms with Crippen LogP contribution in [0.3, 0.4) is 0 Å². The van der Waals surface area contributed by atoms with E-state index in [9.17, 15) is 0 Å². The number of benzene rings is 1. The summed E-state index contributed by atoms with van der Waals surface area (Å²) in [6.07, 6.45) is 1.86. The maximum absolute atomic E-state index is 5.81. The van der Waals surface area contributed by atoms with Gasteiger partial charge in [-0.25, -0.2) is 4.68 Å². The summed E-state index contributed by atoms with van der Waals surface area (Å²) in [4.78, 5) is 0. The van der Waals surface area contributed by atoms with Gasteiger partial charge in [0.1, 0.15) is 0 Å². The van der Waals surface area contributed by atoms with Gasteiger partial charge in [0.15, 0.2) is 0 Å². The molecule has 0 radical (unpaired) electrons. The fourth-order valence-electron chi connectivity index (χ4n) is 1.30. The molecular weight excluding hydrogens is 176 g/mol. The number of nitrogens with zero attached hydrogens (tertiary/aromatic N) is 2. The van der Waals surface area contributed by atoms with Gasteiger partial charge in [-0.1, -0.05) is 12.1 Å². The molecule has 0 fully saturated rings. The first-order valence-electron chi connectivity index (χ1n) is 4.41. The van der Waals surface area contributed by atoms with Crippen LogP contribution in [0, 0.1) is 0 Å². The van der Waals surface area contributed by atoms with Crippen LogP contribution in [0.5, 0.6) is 0 Å². The Kier molecular flexibility index (Phi) is 2.20. The first-order valence-corrected chi connectivity index (χ1v) is 4.41. The van der Waals surface area contributed by atoms with Crippen LogP contribution in [-0.4, -0.2) is 9.78 Å². The van der Waals surface area contributed by atoms with Gasteiger partial charge in [0.25, 0.3) is 0 Å². The maximum Gasteiger partial charge on any atom is 0.0874 e. The van der Waals surface area contributed by atoms with E-state index in [0.717, 1.165) is 11.4 Å². The van der Waals surface area contributed by atoms with Crippen molar-refractivity contribution in [3.8, 4) is 5.69 Å². The van der Waals surface area contributed by atoms with Gasteiger partial charge in [-0.05, 0) is 18.2 Å². The summed E-state index contributed by atoms with van der Waals surface area (Å²) in [5.41, 5.74) is 13.7. The predicted octanol–water partition coefficient (Wildman–Crippen LogP) is 0.913. The Hall–Kier alpha value is -1.81. The minimum Gasteiger partial charge on any atom is -0.397 e. The van der Waals surface area contributed by atoms with Crippen LogP contribution in [0.15, 0.2) is 36.5 Å². The Balaban J connectivity index is 2.44. The molecule has 1 aromatic carbocycles. The van der Waals surface area contributed by atoms with Crippen LogP contribution in [0.4, 0.5) is 5.69 Å². The van der Waals surface area contributed by atoms with Crippen molar-refractivity contribution >= 4 is 5.69 Å². The molecule has 0 spiro atoms. The lowest BCUT2D eigenvalue weighted by Gasteiger charge is -2.04. The quantitative estimate of drug-likeness (QED) is 0.688. The Bertz CT molecular complexity index is 433. The van der Waals surface area contributed by atoms with E-state index in [0.29, 0.717) is 12.2 Å².